The molecule has 158 valence electrons. The number of carbonyl (C=O) groups excluding carboxylic acids is 1. The number of aromatic nitrogens is 4. The van der Waals surface area contributed by atoms with Gasteiger partial charge in [0.1, 0.15) is 18.4 Å². The minimum absolute atomic E-state index is 0.0253. The molecule has 1 aliphatic heterocycles. The molecular weight excluding hydrogens is 396 g/mol. The van der Waals surface area contributed by atoms with Gasteiger partial charge in [-0.2, -0.15) is 10.2 Å². The molecule has 0 saturated carbocycles. The summed E-state index contributed by atoms with van der Waals surface area (Å²) in [6.45, 7) is 1.82. The van der Waals surface area contributed by atoms with Crippen LogP contribution in [0.15, 0.2) is 42.7 Å². The third kappa shape index (κ3) is 4.82. The van der Waals surface area contributed by atoms with Gasteiger partial charge < -0.3 is 14.4 Å². The highest BCUT2D eigenvalue weighted by atomic mass is 19.2. The van der Waals surface area contributed by atoms with Gasteiger partial charge in [-0.25, -0.2) is 8.78 Å². The van der Waals surface area contributed by atoms with Crippen molar-refractivity contribution in [3.63, 3.8) is 0 Å². The van der Waals surface area contributed by atoms with Crippen molar-refractivity contribution in [1.29, 1.82) is 0 Å². The number of rotatable bonds is 7. The van der Waals surface area contributed by atoms with Crippen LogP contribution in [0, 0.1) is 11.6 Å². The second kappa shape index (κ2) is 9.04. The van der Waals surface area contributed by atoms with Crippen LogP contribution in [0.1, 0.15) is 17.5 Å². The van der Waals surface area contributed by atoms with E-state index in [1.54, 1.807) is 28.0 Å². The molecule has 1 amide bonds. The maximum absolute atomic E-state index is 13.2. The Balaban J connectivity index is 1.29. The molecule has 8 nitrogen and oxygen atoms in total. The number of nitrogens with one attached hydrogen (secondary N) is 1. The largest absolute Gasteiger partial charge is 0.493 e. The summed E-state index contributed by atoms with van der Waals surface area (Å²) in [6.07, 6.45) is 3.56. The van der Waals surface area contributed by atoms with Crippen molar-refractivity contribution in [3.05, 3.63) is 65.7 Å². The van der Waals surface area contributed by atoms with Gasteiger partial charge in [0.25, 0.3) is 0 Å². The summed E-state index contributed by atoms with van der Waals surface area (Å²) in [4.78, 5) is 14.2. The summed E-state index contributed by atoms with van der Waals surface area (Å²) in [5.41, 5.74) is 1.52. The first-order chi connectivity index (χ1) is 14.6. The summed E-state index contributed by atoms with van der Waals surface area (Å²) in [5, 5.41) is 11.3. The summed E-state index contributed by atoms with van der Waals surface area (Å²) in [5.74, 6) is -1.62. The second-order valence-corrected chi connectivity index (χ2v) is 6.90. The van der Waals surface area contributed by atoms with Gasteiger partial charge in [0.05, 0.1) is 25.5 Å². The smallest absolute Gasteiger partial charge is 0.244 e. The van der Waals surface area contributed by atoms with E-state index in [1.165, 1.54) is 6.07 Å². The highest BCUT2D eigenvalue weighted by molar-refractivity contribution is 5.76. The Morgan fingerprint density at radius 3 is 3.00 bits per heavy atom. The maximum atomic E-state index is 13.2. The molecule has 10 heteroatoms. The molecule has 1 aromatic carbocycles. The Hall–Kier alpha value is -3.27. The van der Waals surface area contributed by atoms with Gasteiger partial charge in [0, 0.05) is 37.1 Å². The van der Waals surface area contributed by atoms with E-state index in [2.05, 4.69) is 15.3 Å². The zero-order valence-electron chi connectivity index (χ0n) is 16.1. The summed E-state index contributed by atoms with van der Waals surface area (Å²) in [7, 11) is 0. The predicted molar refractivity (Wildman–Crippen MR) is 102 cm³/mol. The number of nitrogens with zero attached hydrogens (tertiary/aromatic N) is 4. The van der Waals surface area contributed by atoms with Crippen LogP contribution >= 0.6 is 0 Å². The van der Waals surface area contributed by atoms with Gasteiger partial charge in [0.2, 0.25) is 5.91 Å². The summed E-state index contributed by atoms with van der Waals surface area (Å²) in [6, 6.07) is 7.05. The molecule has 1 fully saturated rings. The molecule has 1 atom stereocenters. The maximum Gasteiger partial charge on any atom is 0.244 e. The zero-order chi connectivity index (χ0) is 20.9. The predicted octanol–water partition coefficient (Wildman–Crippen LogP) is 2.11. The average Bonchev–Trinajstić information content (AvgIpc) is 3.43. The fourth-order valence-corrected chi connectivity index (χ4v) is 3.21. The monoisotopic (exact) mass is 417 g/mol. The van der Waals surface area contributed by atoms with Crippen molar-refractivity contribution in [2.45, 2.75) is 19.1 Å². The van der Waals surface area contributed by atoms with Crippen molar-refractivity contribution in [3.8, 4) is 5.75 Å². The lowest BCUT2D eigenvalue weighted by atomic mass is 10.2. The molecule has 3 aromatic rings. The lowest BCUT2D eigenvalue weighted by molar-refractivity contribution is -0.140. The van der Waals surface area contributed by atoms with Crippen molar-refractivity contribution in [2.75, 3.05) is 26.3 Å². The number of aromatic amines is 1. The summed E-state index contributed by atoms with van der Waals surface area (Å²) < 4.78 is 39.0. The zero-order valence-corrected chi connectivity index (χ0v) is 16.1. The number of halogens is 2. The minimum atomic E-state index is -0.947. The Bertz CT molecular complexity index is 992. The molecule has 1 N–H and O–H groups in total. The topological polar surface area (TPSA) is 85.3 Å². The number of ether oxygens (including phenoxy) is 2. The van der Waals surface area contributed by atoms with Crippen LogP contribution in [0.2, 0.25) is 0 Å². The molecule has 2 aromatic heterocycles. The first-order valence-corrected chi connectivity index (χ1v) is 9.57. The molecular formula is C20H21F2N5O3. The number of amides is 1. The average molecular weight is 417 g/mol. The number of hydrogen-bond acceptors (Lipinski definition) is 5. The van der Waals surface area contributed by atoms with Gasteiger partial charge in [-0.15, -0.1) is 0 Å². The number of morpholine rings is 1. The fraction of sp³-hybridized carbons (Fsp3) is 0.350. The molecule has 0 spiro atoms. The van der Waals surface area contributed by atoms with Crippen LogP contribution in [0.3, 0.4) is 0 Å². The first kappa shape index (κ1) is 20.0. The standard InChI is InChI=1S/C20H21F2N5O3/c21-16-3-2-15(11-17(16)22)29-8-4-14-10-18(25-24-14)19-12-26(7-9-30-19)20(28)13-27-6-1-5-23-27/h1-3,5-6,10-11,19H,4,7-9,12-13H2,(H,24,25)/t19-/m1/s1. The number of hydrogen-bond donors (Lipinski definition) is 1. The Labute approximate surface area is 171 Å². The molecule has 0 bridgehead atoms. The Kier molecular flexibility index (Phi) is 6.03. The SMILES string of the molecule is O=C(Cn1cccn1)N1CCO[C@@H](c2cc(CCOc3ccc(F)c(F)c3)[nH]n2)C1. The molecule has 0 unspecified atom stereocenters. The van der Waals surface area contributed by atoms with Gasteiger partial charge >= 0.3 is 0 Å². The van der Waals surface area contributed by atoms with Crippen molar-refractivity contribution < 1.29 is 23.0 Å². The number of H-pyrrole nitrogens is 1. The first-order valence-electron chi connectivity index (χ1n) is 9.57. The molecule has 4 rings (SSSR count). The highest BCUT2D eigenvalue weighted by Crippen LogP contribution is 2.22. The Morgan fingerprint density at radius 2 is 2.20 bits per heavy atom. The number of carbonyl (C=O) groups is 1. The lowest BCUT2D eigenvalue weighted by Crippen LogP contribution is -2.43. The molecule has 30 heavy (non-hydrogen) atoms. The van der Waals surface area contributed by atoms with E-state index in [0.29, 0.717) is 31.8 Å². The molecule has 0 aliphatic carbocycles. The lowest BCUT2D eigenvalue weighted by Gasteiger charge is -2.32. The van der Waals surface area contributed by atoms with Crippen LogP contribution in [-0.2, 0) is 22.5 Å². The van der Waals surface area contributed by atoms with Crippen molar-refractivity contribution >= 4 is 5.91 Å². The van der Waals surface area contributed by atoms with Crippen molar-refractivity contribution in [1.82, 2.24) is 24.9 Å². The number of benzene rings is 1. The molecule has 3 heterocycles. The van der Waals surface area contributed by atoms with E-state index in [9.17, 15) is 13.6 Å². The van der Waals surface area contributed by atoms with Crippen LogP contribution < -0.4 is 4.74 Å². The highest BCUT2D eigenvalue weighted by Gasteiger charge is 2.27. The molecule has 0 radical (unpaired) electrons. The van der Waals surface area contributed by atoms with E-state index in [1.807, 2.05) is 6.07 Å². The van der Waals surface area contributed by atoms with Gasteiger partial charge in [-0.05, 0) is 24.3 Å². The van der Waals surface area contributed by atoms with E-state index in [4.69, 9.17) is 9.47 Å². The Morgan fingerprint density at radius 1 is 1.30 bits per heavy atom. The normalized spacial score (nSPS) is 16.6. The van der Waals surface area contributed by atoms with Crippen LogP contribution in [-0.4, -0.2) is 57.1 Å². The van der Waals surface area contributed by atoms with Crippen molar-refractivity contribution in [2.24, 2.45) is 0 Å². The summed E-state index contributed by atoms with van der Waals surface area (Å²) >= 11 is 0. The minimum Gasteiger partial charge on any atom is -0.493 e. The van der Waals surface area contributed by atoms with Gasteiger partial charge in [0.15, 0.2) is 11.6 Å². The molecule has 1 aliphatic rings. The molecule has 1 saturated heterocycles. The van der Waals surface area contributed by atoms with E-state index >= 15 is 0 Å². The fourth-order valence-electron chi connectivity index (χ4n) is 3.21. The van der Waals surface area contributed by atoms with E-state index < -0.39 is 11.6 Å². The van der Waals surface area contributed by atoms with Crippen LogP contribution in [0.4, 0.5) is 8.78 Å². The van der Waals surface area contributed by atoms with Crippen LogP contribution in [0.25, 0.3) is 0 Å². The van der Waals surface area contributed by atoms with E-state index in [0.717, 1.165) is 17.8 Å². The van der Waals surface area contributed by atoms with Crippen LogP contribution in [0.5, 0.6) is 5.75 Å². The third-order valence-corrected chi connectivity index (χ3v) is 4.79. The van der Waals surface area contributed by atoms with Gasteiger partial charge in [-0.1, -0.05) is 0 Å². The third-order valence-electron chi connectivity index (χ3n) is 4.79. The van der Waals surface area contributed by atoms with Gasteiger partial charge in [-0.3, -0.25) is 14.6 Å². The quantitative estimate of drug-likeness (QED) is 0.637. The van der Waals surface area contributed by atoms with E-state index in [-0.39, 0.29) is 30.9 Å². The second-order valence-electron chi connectivity index (χ2n) is 6.90.